The van der Waals surface area contributed by atoms with Gasteiger partial charge in [0.2, 0.25) is 0 Å². The van der Waals surface area contributed by atoms with Crippen molar-refractivity contribution < 1.29 is 0 Å². The summed E-state index contributed by atoms with van der Waals surface area (Å²) >= 11 is 1.89. The Balaban J connectivity index is 1.16. The highest BCUT2D eigenvalue weighted by molar-refractivity contribution is 7.26. The van der Waals surface area contributed by atoms with Crippen LogP contribution in [0.15, 0.2) is 206 Å². The average molecular weight is 743 g/mol. The fourth-order valence-electron chi connectivity index (χ4n) is 9.17. The van der Waals surface area contributed by atoms with Crippen molar-refractivity contribution in [1.82, 2.24) is 4.57 Å². The standard InChI is InChI=1S/C54H34N2S/c1-2-16-39(17-3-1)55-48-22-11-10-21-45(48)47-34-40(28-31-50(47)55)56(51-23-12-24-52-53(51)46-29-27-36-14-6-7-18-42(36)54(46)57-52)49-32-30-41(43-19-8-9-20-44(43)49)38-26-25-35-13-4-5-15-37(35)33-38/h1-34H. The Kier molecular flexibility index (Phi) is 7.13. The van der Waals surface area contributed by atoms with Crippen LogP contribution in [0.3, 0.4) is 0 Å². The highest BCUT2D eigenvalue weighted by Gasteiger charge is 2.23. The minimum Gasteiger partial charge on any atom is -0.309 e. The largest absolute Gasteiger partial charge is 0.309 e. The summed E-state index contributed by atoms with van der Waals surface area (Å²) in [6, 6.07) is 75.8. The zero-order valence-electron chi connectivity index (χ0n) is 30.9. The third-order valence-corrected chi connectivity index (χ3v) is 12.9. The molecule has 0 aliphatic heterocycles. The number of anilines is 3. The van der Waals surface area contributed by atoms with Crippen LogP contribution >= 0.6 is 11.3 Å². The van der Waals surface area contributed by atoms with E-state index in [0.717, 1.165) is 17.1 Å². The van der Waals surface area contributed by atoms with Gasteiger partial charge in [-0.3, -0.25) is 0 Å². The summed E-state index contributed by atoms with van der Waals surface area (Å²) in [6.07, 6.45) is 0. The third kappa shape index (κ3) is 4.96. The molecule has 0 bridgehead atoms. The van der Waals surface area contributed by atoms with E-state index in [0.29, 0.717) is 0 Å². The lowest BCUT2D eigenvalue weighted by Crippen LogP contribution is -2.11. The van der Waals surface area contributed by atoms with E-state index < -0.39 is 0 Å². The molecular formula is C54H34N2S. The van der Waals surface area contributed by atoms with Crippen LogP contribution in [-0.4, -0.2) is 4.57 Å². The van der Waals surface area contributed by atoms with E-state index in [9.17, 15) is 0 Å². The summed E-state index contributed by atoms with van der Waals surface area (Å²) in [7, 11) is 0. The zero-order chi connectivity index (χ0) is 37.5. The average Bonchev–Trinajstić information content (AvgIpc) is 3.83. The maximum absolute atomic E-state index is 2.52. The van der Waals surface area contributed by atoms with E-state index in [2.05, 4.69) is 216 Å². The Labute approximate surface area is 333 Å². The van der Waals surface area contributed by atoms with E-state index in [-0.39, 0.29) is 0 Å². The van der Waals surface area contributed by atoms with Crippen LogP contribution < -0.4 is 4.90 Å². The number of hydrogen-bond donors (Lipinski definition) is 0. The van der Waals surface area contributed by atoms with Crippen molar-refractivity contribution in [1.29, 1.82) is 0 Å². The maximum Gasteiger partial charge on any atom is 0.0555 e. The van der Waals surface area contributed by atoms with Gasteiger partial charge >= 0.3 is 0 Å². The van der Waals surface area contributed by atoms with Crippen molar-refractivity contribution in [2.75, 3.05) is 4.90 Å². The van der Waals surface area contributed by atoms with Crippen LogP contribution in [0.4, 0.5) is 17.1 Å². The van der Waals surface area contributed by atoms with E-state index in [1.54, 1.807) is 0 Å². The maximum atomic E-state index is 2.52. The van der Waals surface area contributed by atoms with E-state index in [1.165, 1.54) is 91.1 Å². The van der Waals surface area contributed by atoms with Gasteiger partial charge in [-0.1, -0.05) is 146 Å². The minimum atomic E-state index is 1.12. The highest BCUT2D eigenvalue weighted by Crippen LogP contribution is 2.49. The number of nitrogens with zero attached hydrogens (tertiary/aromatic N) is 2. The molecule has 0 N–H and O–H groups in total. The van der Waals surface area contributed by atoms with E-state index in [4.69, 9.17) is 0 Å². The number of fused-ring (bicyclic) bond motifs is 10. The first-order chi connectivity index (χ1) is 28.3. The molecule has 0 atom stereocenters. The molecule has 0 fully saturated rings. The van der Waals surface area contributed by atoms with Gasteiger partial charge in [0.1, 0.15) is 0 Å². The Morgan fingerprint density at radius 1 is 0.386 bits per heavy atom. The fourth-order valence-corrected chi connectivity index (χ4v) is 10.4. The van der Waals surface area contributed by atoms with Crippen molar-refractivity contribution in [2.45, 2.75) is 0 Å². The van der Waals surface area contributed by atoms with Crippen molar-refractivity contribution in [3.8, 4) is 16.8 Å². The normalized spacial score (nSPS) is 11.9. The summed E-state index contributed by atoms with van der Waals surface area (Å²) in [5.41, 5.74) is 9.43. The van der Waals surface area contributed by atoms with E-state index >= 15 is 0 Å². The second kappa shape index (κ2) is 12.7. The smallest absolute Gasteiger partial charge is 0.0555 e. The monoisotopic (exact) mass is 742 g/mol. The molecular weight excluding hydrogens is 709 g/mol. The first kappa shape index (κ1) is 32.1. The van der Waals surface area contributed by atoms with Crippen LogP contribution in [0.2, 0.25) is 0 Å². The highest BCUT2D eigenvalue weighted by atomic mass is 32.1. The summed E-state index contributed by atoms with van der Waals surface area (Å²) in [4.78, 5) is 2.52. The van der Waals surface area contributed by atoms with Gasteiger partial charge in [0.15, 0.2) is 0 Å². The molecule has 266 valence electrons. The Bertz CT molecular complexity index is 3540. The number of hydrogen-bond acceptors (Lipinski definition) is 2. The number of aromatic nitrogens is 1. The number of benzene rings is 10. The van der Waals surface area contributed by atoms with Crippen molar-refractivity contribution in [3.05, 3.63) is 206 Å². The molecule has 0 saturated heterocycles. The van der Waals surface area contributed by atoms with Crippen LogP contribution in [0.25, 0.3) is 91.1 Å². The molecule has 0 aliphatic rings. The molecule has 12 aromatic rings. The van der Waals surface area contributed by atoms with Gasteiger partial charge < -0.3 is 9.47 Å². The first-order valence-corrected chi connectivity index (χ1v) is 20.3. The molecule has 3 heteroatoms. The van der Waals surface area contributed by atoms with Crippen molar-refractivity contribution in [3.63, 3.8) is 0 Å². The molecule has 12 rings (SSSR count). The molecule has 0 aliphatic carbocycles. The predicted octanol–water partition coefficient (Wildman–Crippen LogP) is 15.7. The number of thiophene rings is 1. The molecule has 2 nitrogen and oxygen atoms in total. The molecule has 0 radical (unpaired) electrons. The Hall–Kier alpha value is -7.20. The SMILES string of the molecule is c1ccc(-n2c3ccccc3c3cc(N(c4ccc(-c5ccc6ccccc6c5)c5ccccc45)c4cccc5sc6c7ccccc7ccc6c45)ccc32)cc1. The fraction of sp³-hybridized carbons (Fsp3) is 0. The summed E-state index contributed by atoms with van der Waals surface area (Å²) in [6.45, 7) is 0. The molecule has 57 heavy (non-hydrogen) atoms. The van der Waals surface area contributed by atoms with Gasteiger partial charge in [0.05, 0.1) is 22.4 Å². The number of rotatable bonds is 5. The van der Waals surface area contributed by atoms with Crippen LogP contribution in [-0.2, 0) is 0 Å². The van der Waals surface area contributed by atoms with E-state index in [1.807, 2.05) is 11.3 Å². The first-order valence-electron chi connectivity index (χ1n) is 19.5. The predicted molar refractivity (Wildman–Crippen MR) is 246 cm³/mol. The van der Waals surface area contributed by atoms with Gasteiger partial charge in [-0.2, -0.15) is 0 Å². The summed E-state index contributed by atoms with van der Waals surface area (Å²) in [5, 5.41) is 12.5. The third-order valence-electron chi connectivity index (χ3n) is 11.7. The molecule has 0 saturated carbocycles. The second-order valence-electron chi connectivity index (χ2n) is 14.9. The molecule has 0 amide bonds. The summed E-state index contributed by atoms with van der Waals surface area (Å²) < 4.78 is 5.00. The van der Waals surface area contributed by atoms with Gasteiger partial charge in [0, 0.05) is 47.7 Å². The Morgan fingerprint density at radius 2 is 1.09 bits per heavy atom. The lowest BCUT2D eigenvalue weighted by atomic mass is 9.94. The van der Waals surface area contributed by atoms with Crippen LogP contribution in [0.1, 0.15) is 0 Å². The lowest BCUT2D eigenvalue weighted by molar-refractivity contribution is 1.18. The van der Waals surface area contributed by atoms with Crippen LogP contribution in [0, 0.1) is 0 Å². The molecule has 2 aromatic heterocycles. The van der Waals surface area contributed by atoms with Crippen molar-refractivity contribution in [2.24, 2.45) is 0 Å². The van der Waals surface area contributed by atoms with Gasteiger partial charge in [-0.15, -0.1) is 11.3 Å². The van der Waals surface area contributed by atoms with Crippen molar-refractivity contribution >= 4 is 103 Å². The van der Waals surface area contributed by atoms with Crippen LogP contribution in [0.5, 0.6) is 0 Å². The molecule has 0 spiro atoms. The summed E-state index contributed by atoms with van der Waals surface area (Å²) in [5.74, 6) is 0. The molecule has 0 unspecified atom stereocenters. The topological polar surface area (TPSA) is 8.17 Å². The quantitative estimate of drug-likeness (QED) is 0.170. The molecule has 2 heterocycles. The molecule has 10 aromatic carbocycles. The van der Waals surface area contributed by atoms with Gasteiger partial charge in [-0.05, 0) is 98.7 Å². The lowest BCUT2D eigenvalue weighted by Gasteiger charge is -2.28. The second-order valence-corrected chi connectivity index (χ2v) is 15.9. The van der Waals surface area contributed by atoms with Gasteiger partial charge in [0.25, 0.3) is 0 Å². The Morgan fingerprint density at radius 3 is 1.96 bits per heavy atom. The van der Waals surface area contributed by atoms with Gasteiger partial charge in [-0.25, -0.2) is 0 Å². The minimum absolute atomic E-state index is 1.12. The number of para-hydroxylation sites is 2. The zero-order valence-corrected chi connectivity index (χ0v) is 31.7.